The number of nitrogens with zero attached hydrogens (tertiary/aromatic N) is 2. The van der Waals surface area contributed by atoms with Gasteiger partial charge in [-0.2, -0.15) is 12.6 Å². The molecule has 4 N–H and O–H groups in total. The fourth-order valence-corrected chi connectivity index (χ4v) is 9.06. The number of carboxylic acids is 2. The highest BCUT2D eigenvalue weighted by molar-refractivity contribution is 8.03. The first-order chi connectivity index (χ1) is 34.6. The van der Waals surface area contributed by atoms with Crippen LogP contribution in [0.3, 0.4) is 0 Å². The Morgan fingerprint density at radius 2 is 0.973 bits per heavy atom. The molecule has 4 heterocycles. The highest BCUT2D eigenvalue weighted by Gasteiger charge is 2.31. The Balaban J connectivity index is 0.000000204. The zero-order chi connectivity index (χ0) is 51.5. The molecule has 16 nitrogen and oxygen atoms in total. The molecule has 10 rings (SSSR count). The number of imide groups is 2. The monoisotopic (exact) mass is 1020 g/mol. The second-order valence-electron chi connectivity index (χ2n) is 16.2. The molecule has 0 spiro atoms. The molecule has 0 aromatic heterocycles. The summed E-state index contributed by atoms with van der Waals surface area (Å²) in [5, 5.41) is 41.1. The number of carboxylic acid groups (broad SMARTS) is 2. The van der Waals surface area contributed by atoms with E-state index in [0.29, 0.717) is 77.8 Å². The van der Waals surface area contributed by atoms with Gasteiger partial charge in [0.2, 0.25) is 0 Å². The van der Waals surface area contributed by atoms with Crippen molar-refractivity contribution in [3.05, 3.63) is 175 Å². The summed E-state index contributed by atoms with van der Waals surface area (Å²) < 4.78 is 11.7. The number of benzene rings is 6. The zero-order valence-electron chi connectivity index (χ0n) is 38.1. The second kappa shape index (κ2) is 21.7. The molecule has 4 aromatic carbocycles. The normalized spacial score (nSPS) is 13.0. The molecule has 0 saturated heterocycles. The van der Waals surface area contributed by atoms with Crippen LogP contribution in [-0.2, 0) is 32.0 Å². The third-order valence-electron chi connectivity index (χ3n) is 11.9. The Kier molecular flexibility index (Phi) is 15.5. The van der Waals surface area contributed by atoms with E-state index in [0.717, 1.165) is 9.80 Å². The number of hydrogen-bond donors (Lipinski definition) is 5. The molecule has 0 radical (unpaired) electrons. The molecule has 6 aliphatic rings. The van der Waals surface area contributed by atoms with Gasteiger partial charge < -0.3 is 29.3 Å². The minimum atomic E-state index is -1.16. The molecule has 0 fully saturated rings. The van der Waals surface area contributed by atoms with E-state index in [2.05, 4.69) is 12.6 Å². The number of phenols is 2. The molecule has 0 atom stereocenters. The van der Waals surface area contributed by atoms with Crippen molar-refractivity contribution in [3.8, 4) is 56.4 Å². The Morgan fingerprint density at radius 1 is 0.548 bits per heavy atom. The van der Waals surface area contributed by atoms with E-state index < -0.39 is 23.8 Å². The summed E-state index contributed by atoms with van der Waals surface area (Å²) in [5.74, 6) is -3.39. The summed E-state index contributed by atoms with van der Waals surface area (Å²) in [7, 11) is 0. The molecule has 18 heteroatoms. The van der Waals surface area contributed by atoms with E-state index in [1.807, 2.05) is 0 Å². The van der Waals surface area contributed by atoms with Gasteiger partial charge in [-0.05, 0) is 108 Å². The van der Waals surface area contributed by atoms with E-state index >= 15 is 0 Å². The van der Waals surface area contributed by atoms with Crippen molar-refractivity contribution in [1.29, 1.82) is 0 Å². The van der Waals surface area contributed by atoms with E-state index in [1.165, 1.54) is 90.7 Å². The number of amides is 4. The van der Waals surface area contributed by atoms with Crippen LogP contribution in [0.25, 0.3) is 66.8 Å². The fourth-order valence-electron chi connectivity index (χ4n) is 8.56. The standard InChI is InChI=1S/C27H19NO7S.C26H17NO7.CH4S.CH4/c1-36-23-13-24(31)28(26(23)32)9-8-14-2-5-17(20(10-14)27(33)34)25-18-6-3-15(29)11-21(18)35-22-12-16(30)4-7-19(22)25;28-15-2-5-18-21(12-15)34-22-13-16(29)3-6-19(22)25(18)17-4-1-14(11-20(17)26(32)33)9-10-27-23(30)7-8-24(27)31;1-2;/h2-7,10-13,29H,8-9H2,1H3,(H,33,34);1-8,11-13,28H,9-10H2,(H,32,33);2H,1H3;1H4. The Hall–Kier alpha value is -8.74. The van der Waals surface area contributed by atoms with Crippen LogP contribution >= 0.6 is 24.4 Å². The van der Waals surface area contributed by atoms with Gasteiger partial charge in [0, 0.05) is 88.6 Å². The van der Waals surface area contributed by atoms with Crippen LogP contribution in [-0.4, -0.2) is 91.4 Å². The predicted octanol–water partition coefficient (Wildman–Crippen LogP) is 8.75. The quantitative estimate of drug-likeness (QED) is 0.0461. The fraction of sp³-hybridized carbons (Fsp3) is 0.127. The lowest BCUT2D eigenvalue weighted by Gasteiger charge is -2.18. The van der Waals surface area contributed by atoms with Crippen molar-refractivity contribution in [2.45, 2.75) is 20.3 Å². The number of hydrogen-bond acceptors (Lipinski definition) is 14. The van der Waals surface area contributed by atoms with Crippen LogP contribution < -0.4 is 10.9 Å². The lowest BCUT2D eigenvalue weighted by molar-refractivity contribution is -0.138. The lowest BCUT2D eigenvalue weighted by Crippen LogP contribution is -2.32. The number of thiol groups is 1. The van der Waals surface area contributed by atoms with Gasteiger partial charge in [0.1, 0.15) is 34.2 Å². The SMILES string of the molecule is C.CS.CSC1=CC(=O)N(CCc2ccc(-c3c4ccc(=O)cc-4oc4cc(O)ccc34)c(C(=O)O)c2)C1=O.O=C(O)c1cc(CCN2C(=O)C=CC2=O)ccc1-c1c2ccc(=O)cc-2oc2cc(O)ccc12. The highest BCUT2D eigenvalue weighted by Crippen LogP contribution is 2.44. The van der Waals surface area contributed by atoms with Crippen LogP contribution in [0.5, 0.6) is 11.5 Å². The lowest BCUT2D eigenvalue weighted by atomic mass is 9.89. The first-order valence-corrected chi connectivity index (χ1v) is 23.9. The number of carbonyl (C=O) groups excluding carboxylic acids is 4. The van der Waals surface area contributed by atoms with Crippen LogP contribution in [0.15, 0.2) is 151 Å². The molecule has 4 amide bonds. The minimum Gasteiger partial charge on any atom is -0.508 e. The van der Waals surface area contributed by atoms with E-state index in [4.69, 9.17) is 8.83 Å². The van der Waals surface area contributed by atoms with Crippen molar-refractivity contribution in [3.63, 3.8) is 0 Å². The van der Waals surface area contributed by atoms with Crippen LogP contribution in [0.4, 0.5) is 0 Å². The highest BCUT2D eigenvalue weighted by atomic mass is 32.2. The Labute approximate surface area is 425 Å². The average Bonchev–Trinajstić information content (AvgIpc) is 3.84. The van der Waals surface area contributed by atoms with Gasteiger partial charge in [-0.3, -0.25) is 38.6 Å². The van der Waals surface area contributed by atoms with Crippen LogP contribution in [0, 0.1) is 0 Å². The molecule has 0 saturated carbocycles. The first kappa shape index (κ1) is 52.1. The van der Waals surface area contributed by atoms with Gasteiger partial charge >= 0.3 is 11.9 Å². The summed E-state index contributed by atoms with van der Waals surface area (Å²) in [4.78, 5) is 99.2. The van der Waals surface area contributed by atoms with Crippen molar-refractivity contribution >= 4 is 81.9 Å². The number of fused-ring (bicyclic) bond motifs is 4. The molecule has 4 aromatic rings. The first-order valence-electron chi connectivity index (χ1n) is 21.8. The molecular weight excluding hydrogens is 977 g/mol. The Morgan fingerprint density at radius 3 is 1.38 bits per heavy atom. The third kappa shape index (κ3) is 10.5. The van der Waals surface area contributed by atoms with Gasteiger partial charge in [0.25, 0.3) is 23.6 Å². The van der Waals surface area contributed by atoms with Crippen LogP contribution in [0.1, 0.15) is 39.3 Å². The number of carbonyl (C=O) groups is 6. The van der Waals surface area contributed by atoms with Gasteiger partial charge in [0.15, 0.2) is 10.9 Å². The van der Waals surface area contributed by atoms with E-state index in [1.54, 1.807) is 61.0 Å². The number of aromatic carboxylic acids is 2. The van der Waals surface area contributed by atoms with Gasteiger partial charge in [-0.1, -0.05) is 31.7 Å². The summed E-state index contributed by atoms with van der Waals surface area (Å²) in [6, 6.07) is 27.4. The minimum absolute atomic E-state index is 0. The largest absolute Gasteiger partial charge is 0.508 e. The number of thioether (sulfide) groups is 1. The predicted molar refractivity (Wildman–Crippen MR) is 280 cm³/mol. The number of phenolic OH excluding ortho intramolecular Hbond substituents is 2. The van der Waals surface area contributed by atoms with Gasteiger partial charge in [-0.25, -0.2) is 9.59 Å². The topological polar surface area (TPSA) is 250 Å². The maximum atomic E-state index is 12.4. The number of rotatable bonds is 11. The van der Waals surface area contributed by atoms with Gasteiger partial charge in [0.05, 0.1) is 16.0 Å². The molecule has 370 valence electrons. The number of aromatic hydroxyl groups is 2. The summed E-state index contributed by atoms with van der Waals surface area (Å²) >= 11 is 4.74. The molecule has 0 bridgehead atoms. The maximum Gasteiger partial charge on any atom is 0.336 e. The van der Waals surface area contributed by atoms with Crippen molar-refractivity contribution in [2.24, 2.45) is 0 Å². The van der Waals surface area contributed by atoms with Crippen LogP contribution in [0.2, 0.25) is 0 Å². The van der Waals surface area contributed by atoms with Crippen molar-refractivity contribution in [1.82, 2.24) is 9.80 Å². The summed E-state index contributed by atoms with van der Waals surface area (Å²) in [5.41, 5.74) is 4.38. The van der Waals surface area contributed by atoms with E-state index in [9.17, 15) is 58.8 Å². The third-order valence-corrected chi connectivity index (χ3v) is 12.6. The smallest absolute Gasteiger partial charge is 0.336 e. The summed E-state index contributed by atoms with van der Waals surface area (Å²) in [6.07, 6.45) is 7.71. The zero-order valence-corrected chi connectivity index (χ0v) is 39.8. The molecular formula is C55H44N2O14S2. The molecule has 0 unspecified atom stereocenters. The average molecular weight is 1020 g/mol. The molecule has 4 aliphatic heterocycles. The van der Waals surface area contributed by atoms with E-state index in [-0.39, 0.29) is 83.8 Å². The maximum absolute atomic E-state index is 12.4. The van der Waals surface area contributed by atoms with Crippen molar-refractivity contribution in [2.75, 3.05) is 25.6 Å². The van der Waals surface area contributed by atoms with Gasteiger partial charge in [-0.15, -0.1) is 11.8 Å². The molecule has 2 aliphatic carbocycles. The second-order valence-corrected chi connectivity index (χ2v) is 17.0. The Bertz CT molecular complexity index is 3670. The molecule has 73 heavy (non-hydrogen) atoms. The summed E-state index contributed by atoms with van der Waals surface area (Å²) in [6.45, 7) is 0.253. The van der Waals surface area contributed by atoms with Crippen molar-refractivity contribution < 1.29 is 58.0 Å².